The van der Waals surface area contributed by atoms with Gasteiger partial charge < -0.3 is 4.74 Å². The van der Waals surface area contributed by atoms with Crippen LogP contribution >= 0.6 is 0 Å². The van der Waals surface area contributed by atoms with E-state index in [9.17, 15) is 8.42 Å². The number of hydroxylamine groups is 1. The van der Waals surface area contributed by atoms with Gasteiger partial charge in [0.1, 0.15) is 10.6 Å². The van der Waals surface area contributed by atoms with E-state index in [1.807, 2.05) is 13.0 Å². The summed E-state index contributed by atoms with van der Waals surface area (Å²) < 4.78 is 31.1. The number of rotatable bonds is 3. The standard InChI is InChI=1S/C12H17NO4S/c1-10-5-6-11(16-2)12(9-10)18(14,15)13-7-3-4-8-17-13/h5-6,9H,3-4,7-8H2,1-2H3. The molecule has 0 atom stereocenters. The van der Waals surface area contributed by atoms with Crippen LogP contribution in [0, 0.1) is 6.92 Å². The average Bonchev–Trinajstić information content (AvgIpc) is 2.39. The fraction of sp³-hybridized carbons (Fsp3) is 0.500. The molecule has 0 N–H and O–H groups in total. The van der Waals surface area contributed by atoms with Gasteiger partial charge in [-0.25, -0.2) is 8.42 Å². The van der Waals surface area contributed by atoms with Gasteiger partial charge in [-0.3, -0.25) is 4.84 Å². The number of methoxy groups -OCH3 is 1. The highest BCUT2D eigenvalue weighted by Gasteiger charge is 2.30. The molecule has 0 aliphatic carbocycles. The Bertz CT molecular complexity index is 521. The van der Waals surface area contributed by atoms with Gasteiger partial charge in [-0.15, -0.1) is 0 Å². The Hall–Kier alpha value is -1.11. The van der Waals surface area contributed by atoms with Crippen molar-refractivity contribution in [3.05, 3.63) is 23.8 Å². The first-order valence-corrected chi connectivity index (χ1v) is 7.30. The molecule has 0 unspecified atom stereocenters. The highest BCUT2D eigenvalue weighted by Crippen LogP contribution is 2.28. The maximum absolute atomic E-state index is 12.4. The summed E-state index contributed by atoms with van der Waals surface area (Å²) in [5.41, 5.74) is 0.867. The van der Waals surface area contributed by atoms with Crippen LogP contribution in [0.25, 0.3) is 0 Å². The first-order valence-electron chi connectivity index (χ1n) is 5.86. The van der Waals surface area contributed by atoms with Crippen molar-refractivity contribution in [1.82, 2.24) is 4.47 Å². The minimum Gasteiger partial charge on any atom is -0.495 e. The molecule has 1 aromatic carbocycles. The van der Waals surface area contributed by atoms with Crippen LogP contribution in [0.3, 0.4) is 0 Å². The van der Waals surface area contributed by atoms with Gasteiger partial charge in [0.05, 0.1) is 13.7 Å². The second kappa shape index (κ2) is 5.26. The summed E-state index contributed by atoms with van der Waals surface area (Å²) in [4.78, 5) is 5.39. The maximum atomic E-state index is 12.4. The molecule has 1 aliphatic heterocycles. The lowest BCUT2D eigenvalue weighted by atomic mass is 10.2. The normalized spacial score (nSPS) is 17.7. The minimum atomic E-state index is -3.64. The number of nitrogens with zero attached hydrogens (tertiary/aromatic N) is 1. The fourth-order valence-corrected chi connectivity index (χ4v) is 3.40. The van der Waals surface area contributed by atoms with E-state index in [-0.39, 0.29) is 4.90 Å². The van der Waals surface area contributed by atoms with E-state index < -0.39 is 10.0 Å². The Morgan fingerprint density at radius 3 is 2.72 bits per heavy atom. The molecule has 5 nitrogen and oxygen atoms in total. The quantitative estimate of drug-likeness (QED) is 0.840. The van der Waals surface area contributed by atoms with Crippen molar-refractivity contribution in [3.8, 4) is 5.75 Å². The first kappa shape index (κ1) is 13.3. The van der Waals surface area contributed by atoms with Crippen molar-refractivity contribution in [3.63, 3.8) is 0 Å². The Kier molecular flexibility index (Phi) is 3.89. The molecule has 1 aliphatic rings. The summed E-state index contributed by atoms with van der Waals surface area (Å²) >= 11 is 0. The molecule has 1 fully saturated rings. The molecular weight excluding hydrogens is 254 g/mol. The molecule has 0 radical (unpaired) electrons. The number of aryl methyl sites for hydroxylation is 1. The SMILES string of the molecule is COc1ccc(C)cc1S(=O)(=O)N1CCCCO1. The van der Waals surface area contributed by atoms with Crippen molar-refractivity contribution in [2.45, 2.75) is 24.7 Å². The van der Waals surface area contributed by atoms with Gasteiger partial charge in [-0.2, -0.15) is 0 Å². The van der Waals surface area contributed by atoms with Gasteiger partial charge >= 0.3 is 0 Å². The Balaban J connectivity index is 2.42. The number of hydrogen-bond donors (Lipinski definition) is 0. The predicted octanol–water partition coefficient (Wildman–Crippen LogP) is 1.72. The van der Waals surface area contributed by atoms with E-state index in [1.165, 1.54) is 7.11 Å². The summed E-state index contributed by atoms with van der Waals surface area (Å²) in [7, 11) is -2.18. The lowest BCUT2D eigenvalue weighted by Crippen LogP contribution is -2.35. The largest absolute Gasteiger partial charge is 0.495 e. The molecule has 100 valence electrons. The molecule has 0 saturated carbocycles. The van der Waals surface area contributed by atoms with E-state index in [4.69, 9.17) is 9.57 Å². The monoisotopic (exact) mass is 271 g/mol. The molecule has 6 heteroatoms. The zero-order valence-corrected chi connectivity index (χ0v) is 11.4. The van der Waals surface area contributed by atoms with Crippen LogP contribution in [0.4, 0.5) is 0 Å². The lowest BCUT2D eigenvalue weighted by molar-refractivity contribution is -0.108. The zero-order chi connectivity index (χ0) is 13.2. The van der Waals surface area contributed by atoms with E-state index in [2.05, 4.69) is 0 Å². The van der Waals surface area contributed by atoms with Crippen molar-refractivity contribution < 1.29 is 18.0 Å². The lowest BCUT2D eigenvalue weighted by Gasteiger charge is -2.25. The van der Waals surface area contributed by atoms with E-state index >= 15 is 0 Å². The van der Waals surface area contributed by atoms with Gasteiger partial charge in [0, 0.05) is 6.54 Å². The maximum Gasteiger partial charge on any atom is 0.268 e. The molecule has 0 aromatic heterocycles. The van der Waals surface area contributed by atoms with E-state index in [0.29, 0.717) is 18.9 Å². The predicted molar refractivity (Wildman–Crippen MR) is 66.8 cm³/mol. The third-order valence-electron chi connectivity index (χ3n) is 2.84. The molecule has 0 amide bonds. The average molecular weight is 271 g/mol. The van der Waals surface area contributed by atoms with Crippen molar-refractivity contribution in [2.24, 2.45) is 0 Å². The smallest absolute Gasteiger partial charge is 0.268 e. The zero-order valence-electron chi connectivity index (χ0n) is 10.5. The molecule has 1 aromatic rings. The molecule has 1 saturated heterocycles. The number of sulfonamides is 1. The molecule has 0 bridgehead atoms. The van der Waals surface area contributed by atoms with E-state index in [0.717, 1.165) is 22.9 Å². The van der Waals surface area contributed by atoms with Crippen molar-refractivity contribution in [2.75, 3.05) is 20.3 Å². The van der Waals surface area contributed by atoms with Crippen LogP contribution in [0.5, 0.6) is 5.75 Å². The van der Waals surface area contributed by atoms with Crippen LogP contribution < -0.4 is 4.74 Å². The third-order valence-corrected chi connectivity index (χ3v) is 4.53. The van der Waals surface area contributed by atoms with Gasteiger partial charge in [-0.05, 0) is 37.5 Å². The van der Waals surface area contributed by atoms with Gasteiger partial charge in [0.2, 0.25) is 0 Å². The first-order chi connectivity index (χ1) is 8.55. The number of hydrogen-bond acceptors (Lipinski definition) is 4. The molecule has 1 heterocycles. The number of benzene rings is 1. The second-order valence-electron chi connectivity index (χ2n) is 4.23. The van der Waals surface area contributed by atoms with E-state index in [1.54, 1.807) is 12.1 Å². The van der Waals surface area contributed by atoms with Gasteiger partial charge in [0.15, 0.2) is 0 Å². The van der Waals surface area contributed by atoms with Gasteiger partial charge in [0.25, 0.3) is 10.0 Å². The van der Waals surface area contributed by atoms with Crippen molar-refractivity contribution in [1.29, 1.82) is 0 Å². The Labute approximate surface area is 107 Å². The molecule has 18 heavy (non-hydrogen) atoms. The van der Waals surface area contributed by atoms with Crippen LogP contribution in [0.2, 0.25) is 0 Å². The topological polar surface area (TPSA) is 55.8 Å². The molecule has 0 spiro atoms. The Morgan fingerprint density at radius 2 is 2.11 bits per heavy atom. The highest BCUT2D eigenvalue weighted by atomic mass is 32.2. The summed E-state index contributed by atoms with van der Waals surface area (Å²) in [6.07, 6.45) is 1.70. The highest BCUT2D eigenvalue weighted by molar-refractivity contribution is 7.89. The molecule has 2 rings (SSSR count). The van der Waals surface area contributed by atoms with Crippen LogP contribution in [-0.4, -0.2) is 33.1 Å². The van der Waals surface area contributed by atoms with Crippen molar-refractivity contribution >= 4 is 10.0 Å². The number of ether oxygens (including phenoxy) is 1. The van der Waals surface area contributed by atoms with Crippen LogP contribution in [0.15, 0.2) is 23.1 Å². The molecular formula is C12H17NO4S. The minimum absolute atomic E-state index is 0.159. The summed E-state index contributed by atoms with van der Waals surface area (Å²) in [5.74, 6) is 0.342. The Morgan fingerprint density at radius 1 is 1.33 bits per heavy atom. The summed E-state index contributed by atoms with van der Waals surface area (Å²) in [5, 5.41) is 0. The second-order valence-corrected chi connectivity index (χ2v) is 6.02. The fourth-order valence-electron chi connectivity index (χ4n) is 1.86. The van der Waals surface area contributed by atoms with Crippen LogP contribution in [0.1, 0.15) is 18.4 Å². The van der Waals surface area contributed by atoms with Gasteiger partial charge in [-0.1, -0.05) is 10.5 Å². The third kappa shape index (κ3) is 2.50. The van der Waals surface area contributed by atoms with Crippen LogP contribution in [-0.2, 0) is 14.9 Å². The summed E-state index contributed by atoms with van der Waals surface area (Å²) in [6.45, 7) is 2.67. The summed E-state index contributed by atoms with van der Waals surface area (Å²) in [6, 6.07) is 5.08.